The molecule has 1 unspecified atom stereocenters. The molecule has 3 nitrogen and oxygen atoms in total. The van der Waals surface area contributed by atoms with E-state index in [0.29, 0.717) is 5.75 Å². The van der Waals surface area contributed by atoms with Crippen molar-refractivity contribution in [3.63, 3.8) is 0 Å². The van der Waals surface area contributed by atoms with Crippen LogP contribution in [0.4, 0.5) is 0 Å². The Balaban J connectivity index is 2.50. The van der Waals surface area contributed by atoms with Gasteiger partial charge in [0.25, 0.3) is 0 Å². The van der Waals surface area contributed by atoms with E-state index in [1.54, 1.807) is 14.2 Å². The van der Waals surface area contributed by atoms with Crippen LogP contribution in [-0.4, -0.2) is 14.2 Å². The summed E-state index contributed by atoms with van der Waals surface area (Å²) >= 11 is 0. The minimum absolute atomic E-state index is 0.170. The van der Waals surface area contributed by atoms with Crippen molar-refractivity contribution in [3.05, 3.63) is 58.7 Å². The summed E-state index contributed by atoms with van der Waals surface area (Å²) in [5, 5.41) is 0. The maximum atomic E-state index is 6.44. The molecule has 106 valence electrons. The number of methoxy groups -OCH3 is 2. The van der Waals surface area contributed by atoms with E-state index >= 15 is 0 Å². The van der Waals surface area contributed by atoms with Crippen LogP contribution in [0.25, 0.3) is 0 Å². The first kappa shape index (κ1) is 14.4. The number of hydrogen-bond acceptors (Lipinski definition) is 3. The molecule has 2 aromatic rings. The highest BCUT2D eigenvalue weighted by Gasteiger charge is 2.16. The largest absolute Gasteiger partial charge is 0.493 e. The summed E-state index contributed by atoms with van der Waals surface area (Å²) in [4.78, 5) is 0. The normalized spacial score (nSPS) is 12.1. The first-order chi connectivity index (χ1) is 9.58. The Bertz CT molecular complexity index is 608. The molecule has 1 atom stereocenters. The Hall–Kier alpha value is -2.00. The van der Waals surface area contributed by atoms with Gasteiger partial charge in [0.1, 0.15) is 0 Å². The van der Waals surface area contributed by atoms with Crippen molar-refractivity contribution in [1.82, 2.24) is 0 Å². The molecule has 0 amide bonds. The van der Waals surface area contributed by atoms with E-state index in [1.165, 1.54) is 5.56 Å². The summed E-state index contributed by atoms with van der Waals surface area (Å²) in [5.74, 6) is 1.43. The zero-order valence-electron chi connectivity index (χ0n) is 12.4. The first-order valence-corrected chi connectivity index (χ1v) is 6.62. The van der Waals surface area contributed by atoms with Gasteiger partial charge in [0.15, 0.2) is 11.5 Å². The third kappa shape index (κ3) is 2.63. The van der Waals surface area contributed by atoms with Crippen molar-refractivity contribution >= 4 is 0 Å². The molecule has 0 bridgehead atoms. The second-order valence-electron chi connectivity index (χ2n) is 4.90. The molecule has 2 N–H and O–H groups in total. The number of aryl methyl sites for hydroxylation is 2. The van der Waals surface area contributed by atoms with Gasteiger partial charge >= 0.3 is 0 Å². The SMILES string of the molecule is COc1cc(C)c(C(N)c2ccccc2C)cc1OC. The maximum absolute atomic E-state index is 6.44. The molecular formula is C17H21NO2. The molecule has 0 fully saturated rings. The quantitative estimate of drug-likeness (QED) is 0.927. The van der Waals surface area contributed by atoms with Gasteiger partial charge in [-0.25, -0.2) is 0 Å². The number of ether oxygens (including phenoxy) is 2. The number of rotatable bonds is 4. The van der Waals surface area contributed by atoms with Gasteiger partial charge in [-0.2, -0.15) is 0 Å². The molecule has 0 saturated carbocycles. The van der Waals surface area contributed by atoms with Gasteiger partial charge < -0.3 is 15.2 Å². The third-order valence-corrected chi connectivity index (χ3v) is 3.63. The van der Waals surface area contributed by atoms with Gasteiger partial charge in [-0.05, 0) is 48.2 Å². The van der Waals surface area contributed by atoms with Crippen LogP contribution in [0.3, 0.4) is 0 Å². The Labute approximate surface area is 120 Å². The highest BCUT2D eigenvalue weighted by atomic mass is 16.5. The van der Waals surface area contributed by atoms with Crippen LogP contribution in [0.1, 0.15) is 28.3 Å². The van der Waals surface area contributed by atoms with E-state index in [4.69, 9.17) is 15.2 Å². The summed E-state index contributed by atoms with van der Waals surface area (Å²) in [5.41, 5.74) is 10.9. The molecule has 3 heteroatoms. The number of hydrogen-bond donors (Lipinski definition) is 1. The molecule has 0 heterocycles. The van der Waals surface area contributed by atoms with Crippen LogP contribution in [0.2, 0.25) is 0 Å². The number of nitrogens with two attached hydrogens (primary N) is 1. The van der Waals surface area contributed by atoms with Crippen LogP contribution in [0, 0.1) is 13.8 Å². The van der Waals surface area contributed by atoms with Crippen LogP contribution in [0.15, 0.2) is 36.4 Å². The van der Waals surface area contributed by atoms with E-state index in [2.05, 4.69) is 19.1 Å². The molecule has 0 saturated heterocycles. The van der Waals surface area contributed by atoms with Gasteiger partial charge in [-0.15, -0.1) is 0 Å². The highest BCUT2D eigenvalue weighted by molar-refractivity contribution is 5.50. The van der Waals surface area contributed by atoms with Crippen LogP contribution in [0.5, 0.6) is 11.5 Å². The lowest BCUT2D eigenvalue weighted by Crippen LogP contribution is -2.15. The molecule has 0 aliphatic carbocycles. The number of benzene rings is 2. The van der Waals surface area contributed by atoms with E-state index in [1.807, 2.05) is 31.2 Å². The fourth-order valence-electron chi connectivity index (χ4n) is 2.43. The zero-order chi connectivity index (χ0) is 14.7. The summed E-state index contributed by atoms with van der Waals surface area (Å²) < 4.78 is 10.7. The third-order valence-electron chi connectivity index (χ3n) is 3.63. The average molecular weight is 271 g/mol. The van der Waals surface area contributed by atoms with Crippen molar-refractivity contribution < 1.29 is 9.47 Å². The van der Waals surface area contributed by atoms with E-state index < -0.39 is 0 Å². The van der Waals surface area contributed by atoms with Gasteiger partial charge in [-0.1, -0.05) is 24.3 Å². The fraction of sp³-hybridized carbons (Fsp3) is 0.294. The predicted molar refractivity (Wildman–Crippen MR) is 81.5 cm³/mol. The van der Waals surface area contributed by atoms with Crippen molar-refractivity contribution in [1.29, 1.82) is 0 Å². The molecule has 0 aromatic heterocycles. The van der Waals surface area contributed by atoms with Crippen LogP contribution >= 0.6 is 0 Å². The van der Waals surface area contributed by atoms with Crippen molar-refractivity contribution in [2.24, 2.45) is 5.73 Å². The molecule has 0 aliphatic rings. The molecule has 2 aromatic carbocycles. The molecule has 0 radical (unpaired) electrons. The standard InChI is InChI=1S/C17H21NO2/c1-11-7-5-6-8-13(11)17(18)14-10-16(20-4)15(19-3)9-12(14)2/h5-10,17H,18H2,1-4H3. The summed E-state index contributed by atoms with van der Waals surface area (Å²) in [6.45, 7) is 4.11. The van der Waals surface area contributed by atoms with Gasteiger partial charge in [-0.3, -0.25) is 0 Å². The molecule has 20 heavy (non-hydrogen) atoms. The van der Waals surface area contributed by atoms with E-state index in [-0.39, 0.29) is 6.04 Å². The molecule has 2 rings (SSSR count). The van der Waals surface area contributed by atoms with Gasteiger partial charge in [0.2, 0.25) is 0 Å². The van der Waals surface area contributed by atoms with Crippen molar-refractivity contribution in [2.75, 3.05) is 14.2 Å². The zero-order valence-corrected chi connectivity index (χ0v) is 12.4. The average Bonchev–Trinajstić information content (AvgIpc) is 2.46. The molecule has 0 spiro atoms. The maximum Gasteiger partial charge on any atom is 0.161 e. The van der Waals surface area contributed by atoms with Gasteiger partial charge in [0.05, 0.1) is 20.3 Å². The fourth-order valence-corrected chi connectivity index (χ4v) is 2.43. The van der Waals surface area contributed by atoms with Crippen LogP contribution < -0.4 is 15.2 Å². The van der Waals surface area contributed by atoms with E-state index in [9.17, 15) is 0 Å². The smallest absolute Gasteiger partial charge is 0.161 e. The minimum atomic E-state index is -0.170. The second-order valence-corrected chi connectivity index (χ2v) is 4.90. The molecule has 0 aliphatic heterocycles. The lowest BCUT2D eigenvalue weighted by molar-refractivity contribution is 0.354. The monoisotopic (exact) mass is 271 g/mol. The predicted octanol–water partition coefficient (Wildman–Crippen LogP) is 3.37. The van der Waals surface area contributed by atoms with Crippen molar-refractivity contribution in [3.8, 4) is 11.5 Å². The lowest BCUT2D eigenvalue weighted by Gasteiger charge is -2.19. The summed E-state index contributed by atoms with van der Waals surface area (Å²) in [6, 6.07) is 11.9. The van der Waals surface area contributed by atoms with E-state index in [0.717, 1.165) is 22.4 Å². The summed E-state index contributed by atoms with van der Waals surface area (Å²) in [6.07, 6.45) is 0. The highest BCUT2D eigenvalue weighted by Crippen LogP contribution is 2.34. The lowest BCUT2D eigenvalue weighted by atomic mass is 9.92. The Morgan fingerprint density at radius 3 is 2.05 bits per heavy atom. The Kier molecular flexibility index (Phi) is 4.30. The minimum Gasteiger partial charge on any atom is -0.493 e. The van der Waals surface area contributed by atoms with Crippen molar-refractivity contribution in [2.45, 2.75) is 19.9 Å². The van der Waals surface area contributed by atoms with Crippen LogP contribution in [-0.2, 0) is 0 Å². The van der Waals surface area contributed by atoms with Gasteiger partial charge in [0, 0.05) is 0 Å². The Morgan fingerprint density at radius 1 is 0.850 bits per heavy atom. The second kappa shape index (κ2) is 5.97. The first-order valence-electron chi connectivity index (χ1n) is 6.62. The Morgan fingerprint density at radius 2 is 1.45 bits per heavy atom. The molecular weight excluding hydrogens is 250 g/mol. The topological polar surface area (TPSA) is 44.5 Å². The summed E-state index contributed by atoms with van der Waals surface area (Å²) in [7, 11) is 3.27.